The smallest absolute Gasteiger partial charge is 0.390 e. The molecule has 10 nitrogen and oxygen atoms in total. The van der Waals surface area contributed by atoms with Crippen LogP contribution in [0.25, 0.3) is 32.5 Å². The molecule has 4 heterocycles. The van der Waals surface area contributed by atoms with Gasteiger partial charge < -0.3 is 9.67 Å². The predicted octanol–water partition coefficient (Wildman–Crippen LogP) is 4.12. The van der Waals surface area contributed by atoms with Crippen LogP contribution in [0.3, 0.4) is 0 Å². The number of imidazole rings is 2. The number of carbonyl (C=O) groups excluding carboxylic acids is 1. The average Bonchev–Trinajstić information content (AvgIpc) is 3.60. The number of nitrogens with zero attached hydrogens (tertiary/aromatic N) is 5. The second-order valence-electron chi connectivity index (χ2n) is 9.63. The first kappa shape index (κ1) is 25.7. The molecule has 1 aromatic carbocycles. The third-order valence-electron chi connectivity index (χ3n) is 6.14. The number of nitrogens with one attached hydrogen (secondary N) is 2. The number of aromatic amines is 1. The van der Waals surface area contributed by atoms with E-state index in [1.54, 1.807) is 42.9 Å². The molecule has 0 aliphatic carbocycles. The first-order valence-corrected chi connectivity index (χ1v) is 12.4. The van der Waals surface area contributed by atoms with Gasteiger partial charge in [-0.2, -0.15) is 18.3 Å². The number of aliphatic hydroxyl groups is 1. The fourth-order valence-corrected chi connectivity index (χ4v) is 5.11. The number of thiophene rings is 1. The number of benzene rings is 1. The molecular formula is C24H24F3N7O3S. The van der Waals surface area contributed by atoms with Crippen molar-refractivity contribution in [2.24, 2.45) is 7.05 Å². The van der Waals surface area contributed by atoms with Crippen molar-refractivity contribution in [3.63, 3.8) is 0 Å². The SMILES string of the molecule is Cn1c(=O)n(CC(F)(F)F)c2cc3c(cc21)nc(NC(=O)c1ccc(-c2cn[nH]c2)s1)n3CCC(C)(C)O. The molecule has 0 aliphatic heterocycles. The number of carbonyl (C=O) groups is 1. The number of alkyl halides is 3. The van der Waals surface area contributed by atoms with Crippen molar-refractivity contribution >= 4 is 45.3 Å². The van der Waals surface area contributed by atoms with Gasteiger partial charge in [0, 0.05) is 30.2 Å². The summed E-state index contributed by atoms with van der Waals surface area (Å²) in [7, 11) is 1.39. The molecule has 14 heteroatoms. The topological polar surface area (TPSA) is 123 Å². The highest BCUT2D eigenvalue weighted by Crippen LogP contribution is 2.30. The molecule has 5 rings (SSSR count). The van der Waals surface area contributed by atoms with E-state index in [0.717, 1.165) is 15.0 Å². The summed E-state index contributed by atoms with van der Waals surface area (Å²) in [6.45, 7) is 2.03. The van der Waals surface area contributed by atoms with Gasteiger partial charge in [0.15, 0.2) is 0 Å². The lowest BCUT2D eigenvalue weighted by Gasteiger charge is -2.18. The molecule has 200 valence electrons. The lowest BCUT2D eigenvalue weighted by atomic mass is 10.1. The number of rotatable bonds is 7. The van der Waals surface area contributed by atoms with Gasteiger partial charge in [0.1, 0.15) is 6.54 Å². The zero-order valence-corrected chi connectivity index (χ0v) is 21.4. The van der Waals surface area contributed by atoms with Crippen molar-refractivity contribution in [2.45, 2.75) is 45.1 Å². The Balaban J connectivity index is 1.58. The molecule has 0 atom stereocenters. The maximum Gasteiger partial charge on any atom is 0.406 e. The van der Waals surface area contributed by atoms with Gasteiger partial charge in [-0.3, -0.25) is 24.3 Å². The Labute approximate surface area is 217 Å². The third-order valence-corrected chi connectivity index (χ3v) is 7.27. The lowest BCUT2D eigenvalue weighted by molar-refractivity contribution is -0.140. The fraction of sp³-hybridized carbons (Fsp3) is 0.333. The minimum Gasteiger partial charge on any atom is -0.390 e. The van der Waals surface area contributed by atoms with Crippen molar-refractivity contribution in [3.8, 4) is 10.4 Å². The number of hydrogen-bond acceptors (Lipinski definition) is 6. The molecular weight excluding hydrogens is 523 g/mol. The molecule has 4 aromatic heterocycles. The largest absolute Gasteiger partial charge is 0.406 e. The normalized spacial score (nSPS) is 12.6. The minimum absolute atomic E-state index is 0.0904. The molecule has 0 unspecified atom stereocenters. The summed E-state index contributed by atoms with van der Waals surface area (Å²) >= 11 is 1.27. The number of halogens is 3. The van der Waals surface area contributed by atoms with Gasteiger partial charge in [0.05, 0.1) is 38.7 Å². The molecule has 1 amide bonds. The number of amides is 1. The minimum atomic E-state index is -4.59. The number of aryl methyl sites for hydroxylation is 2. The van der Waals surface area contributed by atoms with E-state index >= 15 is 0 Å². The van der Waals surface area contributed by atoms with E-state index < -0.39 is 29.9 Å². The van der Waals surface area contributed by atoms with Gasteiger partial charge in [-0.15, -0.1) is 11.3 Å². The van der Waals surface area contributed by atoms with Crippen molar-refractivity contribution in [1.29, 1.82) is 0 Å². The van der Waals surface area contributed by atoms with Crippen molar-refractivity contribution < 1.29 is 23.1 Å². The molecule has 0 fully saturated rings. The van der Waals surface area contributed by atoms with E-state index in [4.69, 9.17) is 0 Å². The Morgan fingerprint density at radius 3 is 2.58 bits per heavy atom. The summed E-state index contributed by atoms with van der Waals surface area (Å²) in [5.74, 6) is -0.240. The van der Waals surface area contributed by atoms with Gasteiger partial charge in [0.25, 0.3) is 5.91 Å². The van der Waals surface area contributed by atoms with Crippen LogP contribution in [0.4, 0.5) is 19.1 Å². The Kier molecular flexibility index (Phi) is 6.18. The van der Waals surface area contributed by atoms with Crippen LogP contribution in [0.2, 0.25) is 0 Å². The highest BCUT2D eigenvalue weighted by atomic mass is 32.1. The van der Waals surface area contributed by atoms with Gasteiger partial charge >= 0.3 is 11.9 Å². The highest BCUT2D eigenvalue weighted by molar-refractivity contribution is 7.17. The third kappa shape index (κ3) is 4.96. The summed E-state index contributed by atoms with van der Waals surface area (Å²) in [6, 6.07) is 6.47. The van der Waals surface area contributed by atoms with Crippen LogP contribution in [-0.2, 0) is 20.1 Å². The summed E-state index contributed by atoms with van der Waals surface area (Å²) in [6.07, 6.45) is -0.963. The molecule has 3 N–H and O–H groups in total. The van der Waals surface area contributed by atoms with Crippen molar-refractivity contribution in [3.05, 3.63) is 52.0 Å². The second-order valence-corrected chi connectivity index (χ2v) is 10.7. The summed E-state index contributed by atoms with van der Waals surface area (Å²) < 4.78 is 43.2. The highest BCUT2D eigenvalue weighted by Gasteiger charge is 2.31. The second kappa shape index (κ2) is 9.13. The summed E-state index contributed by atoms with van der Waals surface area (Å²) in [4.78, 5) is 31.5. The van der Waals surface area contributed by atoms with E-state index in [9.17, 15) is 27.9 Å². The first-order valence-electron chi connectivity index (χ1n) is 11.6. The molecule has 38 heavy (non-hydrogen) atoms. The Bertz CT molecular complexity index is 1700. The number of H-pyrrole nitrogens is 1. The van der Waals surface area contributed by atoms with Crippen LogP contribution in [0, 0.1) is 0 Å². The van der Waals surface area contributed by atoms with Gasteiger partial charge in [-0.1, -0.05) is 0 Å². The quantitative estimate of drug-likeness (QED) is 0.283. The first-order chi connectivity index (χ1) is 17.8. The van der Waals surface area contributed by atoms with Crippen LogP contribution < -0.4 is 11.0 Å². The molecule has 0 saturated carbocycles. The zero-order chi connectivity index (χ0) is 27.4. The monoisotopic (exact) mass is 547 g/mol. The Morgan fingerprint density at radius 1 is 1.16 bits per heavy atom. The molecule has 5 aromatic rings. The van der Waals surface area contributed by atoms with Crippen molar-refractivity contribution in [2.75, 3.05) is 5.32 Å². The standard InChI is InChI=1S/C24H24F3N7O3S/c1-23(2,37)6-7-33-15-9-17-16(32(3)22(36)34(17)12-24(25,26)27)8-14(15)30-21(33)31-20(35)19-5-4-18(38-19)13-10-28-29-11-13/h4-5,8-11,37H,6-7,12H2,1-3H3,(H,28,29)(H,30,31,35). The summed E-state index contributed by atoms with van der Waals surface area (Å²) in [5, 5.41) is 19.8. The van der Waals surface area contributed by atoms with Crippen LogP contribution in [0.1, 0.15) is 29.9 Å². The number of hydrogen-bond donors (Lipinski definition) is 3. The zero-order valence-electron chi connectivity index (χ0n) is 20.6. The van der Waals surface area contributed by atoms with Gasteiger partial charge in [0.2, 0.25) is 5.95 Å². The fourth-order valence-electron chi connectivity index (χ4n) is 4.22. The van der Waals surface area contributed by atoms with E-state index in [0.29, 0.717) is 20.5 Å². The van der Waals surface area contributed by atoms with E-state index in [1.807, 2.05) is 0 Å². The van der Waals surface area contributed by atoms with Gasteiger partial charge in [-0.05, 0) is 44.5 Å². The van der Waals surface area contributed by atoms with Crippen LogP contribution in [0.5, 0.6) is 0 Å². The molecule has 0 bridgehead atoms. The van der Waals surface area contributed by atoms with Crippen molar-refractivity contribution in [1.82, 2.24) is 28.9 Å². The Hall–Kier alpha value is -3.91. The lowest BCUT2D eigenvalue weighted by Crippen LogP contribution is -2.28. The summed E-state index contributed by atoms with van der Waals surface area (Å²) in [5.41, 5.74) is 0.154. The van der Waals surface area contributed by atoms with E-state index in [1.165, 1.54) is 30.5 Å². The van der Waals surface area contributed by atoms with E-state index in [2.05, 4.69) is 20.5 Å². The molecule has 0 radical (unpaired) electrons. The molecule has 0 aliphatic rings. The number of anilines is 1. The van der Waals surface area contributed by atoms with Crippen LogP contribution in [-0.4, -0.2) is 51.7 Å². The van der Waals surface area contributed by atoms with Gasteiger partial charge in [-0.25, -0.2) is 9.78 Å². The molecule has 0 saturated heterocycles. The average molecular weight is 548 g/mol. The van der Waals surface area contributed by atoms with E-state index in [-0.39, 0.29) is 29.9 Å². The molecule has 0 spiro atoms. The maximum atomic E-state index is 13.2. The maximum absolute atomic E-state index is 13.2. The Morgan fingerprint density at radius 2 is 1.92 bits per heavy atom. The van der Waals surface area contributed by atoms with Crippen LogP contribution >= 0.6 is 11.3 Å². The number of aromatic nitrogens is 6. The number of fused-ring (bicyclic) bond motifs is 2. The predicted molar refractivity (Wildman–Crippen MR) is 137 cm³/mol. The van der Waals surface area contributed by atoms with Crippen LogP contribution in [0.15, 0.2) is 41.5 Å².